The molecule has 5 rings (SSSR count). The van der Waals surface area contributed by atoms with Crippen molar-refractivity contribution in [1.29, 1.82) is 0 Å². The van der Waals surface area contributed by atoms with E-state index in [2.05, 4.69) is 31.4 Å². The third kappa shape index (κ3) is 4.64. The second-order valence-corrected chi connectivity index (χ2v) is 12.3. The number of benzene rings is 3. The van der Waals surface area contributed by atoms with Gasteiger partial charge in [-0.05, 0) is 65.8 Å². The van der Waals surface area contributed by atoms with E-state index in [1.54, 1.807) is 30.3 Å². The molecule has 1 fully saturated rings. The Bertz CT molecular complexity index is 1520. The number of hydrogen-bond acceptors (Lipinski definition) is 4. The van der Waals surface area contributed by atoms with Crippen LogP contribution in [0.2, 0.25) is 10.0 Å². The Hall–Kier alpha value is -3.46. The Morgan fingerprint density at radius 2 is 1.82 bits per heavy atom. The molecular weight excluding hydrogens is 554 g/mol. The fourth-order valence-corrected chi connectivity index (χ4v) is 6.46. The van der Waals surface area contributed by atoms with Gasteiger partial charge in [0.05, 0.1) is 16.8 Å². The molecule has 0 aliphatic carbocycles. The zero-order valence-corrected chi connectivity index (χ0v) is 23.7. The largest absolute Gasteiger partial charge is 0.366 e. The number of anilines is 2. The molecule has 2 aliphatic heterocycles. The molecule has 3 atom stereocenters. The zero-order chi connectivity index (χ0) is 29.0. The number of halogens is 3. The normalized spacial score (nSPS) is 22.1. The summed E-state index contributed by atoms with van der Waals surface area (Å²) in [5, 5.41) is 6.44. The van der Waals surface area contributed by atoms with Gasteiger partial charge in [0.25, 0.3) is 0 Å². The van der Waals surface area contributed by atoms with E-state index in [-0.39, 0.29) is 27.5 Å². The highest BCUT2D eigenvalue weighted by molar-refractivity contribution is 6.32. The molecule has 4 amide bonds. The van der Waals surface area contributed by atoms with Gasteiger partial charge in [-0.25, -0.2) is 14.1 Å². The van der Waals surface area contributed by atoms with Crippen LogP contribution in [0.4, 0.5) is 20.6 Å². The summed E-state index contributed by atoms with van der Waals surface area (Å²) in [4.78, 5) is 41.0. The minimum Gasteiger partial charge on any atom is -0.366 e. The van der Waals surface area contributed by atoms with Crippen molar-refractivity contribution >= 4 is 52.4 Å². The van der Waals surface area contributed by atoms with Crippen molar-refractivity contribution < 1.29 is 18.8 Å². The maximum Gasteiger partial charge on any atom is 0.333 e. The maximum atomic E-state index is 15.5. The summed E-state index contributed by atoms with van der Waals surface area (Å²) in [7, 11) is 0. The van der Waals surface area contributed by atoms with E-state index >= 15 is 4.39 Å². The first kappa shape index (κ1) is 28.1. The number of rotatable bonds is 4. The summed E-state index contributed by atoms with van der Waals surface area (Å²) in [5.41, 5.74) is 5.64. The quantitative estimate of drug-likeness (QED) is 0.329. The lowest BCUT2D eigenvalue weighted by Gasteiger charge is -2.38. The number of nitrogens with two attached hydrogens (primary N) is 1. The Morgan fingerprint density at radius 1 is 1.12 bits per heavy atom. The van der Waals surface area contributed by atoms with Gasteiger partial charge in [0.15, 0.2) is 0 Å². The summed E-state index contributed by atoms with van der Waals surface area (Å²) in [6.07, 6.45) is 0.622. The zero-order valence-electron chi connectivity index (χ0n) is 22.2. The molecule has 0 radical (unpaired) electrons. The standard InChI is InChI=1S/C30H29Cl2FN4O3/c1-29(2,3)14-17-15-35-25(20-5-4-6-22(32)24(20)33)30(17)21-12-9-18(31)13-23(21)37(27(30)39)28(40)36-19-10-7-16(8-11-19)26(34)38/h4-13,17,25,35H,14-15H2,1-3H3,(H2,34,38)(H,36,40)/t17-,25-,30-/m1/s1. The fraction of sp³-hybridized carbons (Fsp3) is 0.300. The van der Waals surface area contributed by atoms with E-state index < -0.39 is 35.1 Å². The molecule has 10 heteroatoms. The van der Waals surface area contributed by atoms with E-state index in [1.807, 2.05) is 0 Å². The van der Waals surface area contributed by atoms with Gasteiger partial charge >= 0.3 is 6.03 Å². The highest BCUT2D eigenvalue weighted by atomic mass is 35.5. The highest BCUT2D eigenvalue weighted by Crippen LogP contribution is 2.58. The molecule has 4 N–H and O–H groups in total. The number of primary amides is 1. The number of fused-ring (bicyclic) bond motifs is 2. The van der Waals surface area contributed by atoms with Crippen molar-refractivity contribution in [2.24, 2.45) is 17.1 Å². The van der Waals surface area contributed by atoms with Crippen LogP contribution in [0.15, 0.2) is 60.7 Å². The Labute approximate surface area is 241 Å². The molecule has 7 nitrogen and oxygen atoms in total. The minimum atomic E-state index is -1.31. The number of nitrogens with one attached hydrogen (secondary N) is 2. The van der Waals surface area contributed by atoms with Crippen LogP contribution in [0.3, 0.4) is 0 Å². The van der Waals surface area contributed by atoms with Crippen LogP contribution >= 0.6 is 23.2 Å². The molecule has 208 valence electrons. The number of carbonyl (C=O) groups excluding carboxylic acids is 3. The molecule has 2 aliphatic rings. The number of amides is 4. The van der Waals surface area contributed by atoms with Gasteiger partial charge in [0, 0.05) is 28.4 Å². The van der Waals surface area contributed by atoms with E-state index in [0.717, 1.165) is 4.90 Å². The summed E-state index contributed by atoms with van der Waals surface area (Å²) in [5.74, 6) is -1.98. The van der Waals surface area contributed by atoms with Crippen LogP contribution in [-0.4, -0.2) is 24.4 Å². The van der Waals surface area contributed by atoms with Crippen molar-refractivity contribution in [3.63, 3.8) is 0 Å². The smallest absolute Gasteiger partial charge is 0.333 e. The average molecular weight is 583 g/mol. The lowest BCUT2D eigenvalue weighted by molar-refractivity contribution is -0.124. The molecule has 1 spiro atoms. The van der Waals surface area contributed by atoms with Gasteiger partial charge in [0.2, 0.25) is 11.8 Å². The number of nitrogens with zero attached hydrogens (tertiary/aromatic N) is 1. The van der Waals surface area contributed by atoms with Crippen LogP contribution in [0, 0.1) is 17.2 Å². The van der Waals surface area contributed by atoms with Gasteiger partial charge in [-0.1, -0.05) is 62.2 Å². The number of imide groups is 1. The molecule has 0 saturated carbocycles. The molecule has 1 saturated heterocycles. The van der Waals surface area contributed by atoms with Crippen LogP contribution in [0.1, 0.15) is 54.7 Å². The molecule has 40 heavy (non-hydrogen) atoms. The van der Waals surface area contributed by atoms with E-state index in [4.69, 9.17) is 28.9 Å². The fourth-order valence-electron chi connectivity index (χ4n) is 6.11. The van der Waals surface area contributed by atoms with Crippen LogP contribution in [0.5, 0.6) is 0 Å². The summed E-state index contributed by atoms with van der Waals surface area (Å²) in [6.45, 7) is 6.66. The second kappa shape index (κ2) is 10.2. The Kier molecular flexibility index (Phi) is 7.15. The molecule has 0 bridgehead atoms. The summed E-state index contributed by atoms with van der Waals surface area (Å²) >= 11 is 12.6. The number of urea groups is 1. The summed E-state index contributed by atoms with van der Waals surface area (Å²) < 4.78 is 15.5. The van der Waals surface area contributed by atoms with Crippen molar-refractivity contribution in [3.8, 4) is 0 Å². The van der Waals surface area contributed by atoms with Gasteiger partial charge in [-0.2, -0.15) is 0 Å². The van der Waals surface area contributed by atoms with Crippen LogP contribution < -0.4 is 21.3 Å². The Balaban J connectivity index is 1.65. The first-order valence-corrected chi connectivity index (χ1v) is 13.6. The lowest BCUT2D eigenvalue weighted by Crippen LogP contribution is -2.50. The van der Waals surface area contributed by atoms with Crippen LogP contribution in [-0.2, 0) is 10.2 Å². The van der Waals surface area contributed by atoms with E-state index in [0.29, 0.717) is 34.9 Å². The first-order chi connectivity index (χ1) is 18.8. The lowest BCUT2D eigenvalue weighted by atomic mass is 9.63. The summed E-state index contributed by atoms with van der Waals surface area (Å²) in [6, 6.07) is 14.2. The van der Waals surface area contributed by atoms with Gasteiger partial charge in [-0.3, -0.25) is 9.59 Å². The molecule has 3 aromatic carbocycles. The molecule has 3 aromatic rings. The van der Waals surface area contributed by atoms with Crippen molar-refractivity contribution in [2.45, 2.75) is 38.6 Å². The maximum absolute atomic E-state index is 15.5. The van der Waals surface area contributed by atoms with Crippen LogP contribution in [0.25, 0.3) is 0 Å². The van der Waals surface area contributed by atoms with Gasteiger partial charge in [-0.15, -0.1) is 0 Å². The monoisotopic (exact) mass is 582 g/mol. The molecule has 2 heterocycles. The highest BCUT2D eigenvalue weighted by Gasteiger charge is 2.65. The van der Waals surface area contributed by atoms with E-state index in [9.17, 15) is 14.4 Å². The molecule has 0 unspecified atom stereocenters. The SMILES string of the molecule is CC(C)(C)C[C@@H]1CN[C@H](c2cccc(Cl)c2F)[C@@]12C(=O)N(C(=O)Nc1ccc(C(N)=O)cc1)c1cc(Cl)ccc12. The third-order valence-corrected chi connectivity index (χ3v) is 8.17. The van der Waals surface area contributed by atoms with Gasteiger partial charge in [0.1, 0.15) is 11.2 Å². The predicted octanol–water partition coefficient (Wildman–Crippen LogP) is 6.44. The minimum absolute atomic E-state index is 0.0514. The predicted molar refractivity (Wildman–Crippen MR) is 154 cm³/mol. The average Bonchev–Trinajstić information content (AvgIpc) is 3.35. The molecular formula is C30H29Cl2FN4O3. The first-order valence-electron chi connectivity index (χ1n) is 12.9. The van der Waals surface area contributed by atoms with E-state index in [1.165, 1.54) is 30.3 Å². The van der Waals surface area contributed by atoms with Crippen molar-refractivity contribution in [3.05, 3.63) is 93.2 Å². The van der Waals surface area contributed by atoms with Gasteiger partial charge < -0.3 is 16.4 Å². The topological polar surface area (TPSA) is 105 Å². The second-order valence-electron chi connectivity index (χ2n) is 11.5. The third-order valence-electron chi connectivity index (χ3n) is 7.65. The molecule has 0 aromatic heterocycles. The van der Waals surface area contributed by atoms with Crippen molar-refractivity contribution in [2.75, 3.05) is 16.8 Å². The number of carbonyl (C=O) groups is 3. The van der Waals surface area contributed by atoms with Crippen molar-refractivity contribution in [1.82, 2.24) is 5.32 Å². The number of hydrogen-bond donors (Lipinski definition) is 3. The Morgan fingerprint density at radius 3 is 2.48 bits per heavy atom.